The number of hydrogen-bond acceptors (Lipinski definition) is 1. The van der Waals surface area contributed by atoms with Gasteiger partial charge in [0.25, 0.3) is 0 Å². The maximum absolute atomic E-state index is 9.99. The first-order valence-corrected chi connectivity index (χ1v) is 7.61. The minimum absolute atomic E-state index is 0.217. The maximum Gasteiger partial charge on any atom is 0.0807 e. The van der Waals surface area contributed by atoms with Crippen LogP contribution in [0.5, 0.6) is 0 Å². The van der Waals surface area contributed by atoms with Crippen molar-refractivity contribution in [1.82, 2.24) is 4.57 Å². The van der Waals surface area contributed by atoms with E-state index in [2.05, 4.69) is 30.8 Å². The van der Waals surface area contributed by atoms with E-state index in [0.717, 1.165) is 31.7 Å². The third kappa shape index (κ3) is 3.17. The van der Waals surface area contributed by atoms with Gasteiger partial charge < -0.3 is 9.67 Å². The molecule has 18 heavy (non-hydrogen) atoms. The lowest BCUT2D eigenvalue weighted by Gasteiger charge is -2.16. The molecule has 2 atom stereocenters. The minimum atomic E-state index is -0.217. The zero-order chi connectivity index (χ0) is 13.0. The SMILES string of the molecule is CCCCC(CC)Cn1cc2c(c1)C(O)CCC2. The van der Waals surface area contributed by atoms with Crippen molar-refractivity contribution in [2.75, 3.05) is 0 Å². The molecule has 0 amide bonds. The summed E-state index contributed by atoms with van der Waals surface area (Å²) in [6.07, 6.45) is 12.7. The van der Waals surface area contributed by atoms with Crippen LogP contribution in [-0.4, -0.2) is 9.67 Å². The van der Waals surface area contributed by atoms with Gasteiger partial charge in [-0.1, -0.05) is 33.1 Å². The Hall–Kier alpha value is -0.760. The van der Waals surface area contributed by atoms with E-state index in [9.17, 15) is 5.11 Å². The molecule has 1 aliphatic carbocycles. The van der Waals surface area contributed by atoms with E-state index < -0.39 is 0 Å². The highest BCUT2D eigenvalue weighted by Gasteiger charge is 2.20. The Balaban J connectivity index is 2.00. The van der Waals surface area contributed by atoms with E-state index in [1.807, 2.05) is 0 Å². The van der Waals surface area contributed by atoms with E-state index in [1.165, 1.54) is 36.8 Å². The van der Waals surface area contributed by atoms with Crippen molar-refractivity contribution in [2.24, 2.45) is 5.92 Å². The molecule has 0 fully saturated rings. The lowest BCUT2D eigenvalue weighted by Crippen LogP contribution is -2.08. The standard InChI is InChI=1S/C16H27NO/c1-3-5-7-13(4-2)10-17-11-14-8-6-9-16(18)15(14)12-17/h11-13,16,18H,3-10H2,1-2H3. The first-order valence-electron chi connectivity index (χ1n) is 7.61. The number of aliphatic hydroxyl groups is 1. The van der Waals surface area contributed by atoms with Gasteiger partial charge in [-0.05, 0) is 37.2 Å². The second-order valence-corrected chi connectivity index (χ2v) is 5.76. The molecule has 0 saturated carbocycles. The molecule has 1 aromatic rings. The van der Waals surface area contributed by atoms with Crippen molar-refractivity contribution < 1.29 is 5.11 Å². The van der Waals surface area contributed by atoms with Gasteiger partial charge in [0.15, 0.2) is 0 Å². The van der Waals surface area contributed by atoms with Crippen molar-refractivity contribution in [3.8, 4) is 0 Å². The van der Waals surface area contributed by atoms with E-state index in [0.29, 0.717) is 0 Å². The zero-order valence-electron chi connectivity index (χ0n) is 11.9. The van der Waals surface area contributed by atoms with Gasteiger partial charge in [-0.25, -0.2) is 0 Å². The van der Waals surface area contributed by atoms with Crippen LogP contribution in [0.4, 0.5) is 0 Å². The van der Waals surface area contributed by atoms with Crippen LogP contribution >= 0.6 is 0 Å². The third-order valence-corrected chi connectivity index (χ3v) is 4.29. The average molecular weight is 249 g/mol. The van der Waals surface area contributed by atoms with Crippen molar-refractivity contribution in [2.45, 2.75) is 71.4 Å². The number of aromatic nitrogens is 1. The van der Waals surface area contributed by atoms with Crippen molar-refractivity contribution in [1.29, 1.82) is 0 Å². The van der Waals surface area contributed by atoms with Crippen LogP contribution in [0, 0.1) is 5.92 Å². The molecule has 2 rings (SSSR count). The molecule has 2 heteroatoms. The maximum atomic E-state index is 9.99. The summed E-state index contributed by atoms with van der Waals surface area (Å²) >= 11 is 0. The molecular formula is C16H27NO. The third-order valence-electron chi connectivity index (χ3n) is 4.29. The molecular weight excluding hydrogens is 222 g/mol. The second kappa shape index (κ2) is 6.42. The number of fused-ring (bicyclic) bond motifs is 1. The van der Waals surface area contributed by atoms with Gasteiger partial charge in [-0.3, -0.25) is 0 Å². The monoisotopic (exact) mass is 249 g/mol. The highest BCUT2D eigenvalue weighted by Crippen LogP contribution is 2.30. The average Bonchev–Trinajstić information content (AvgIpc) is 2.78. The molecule has 1 aromatic heterocycles. The van der Waals surface area contributed by atoms with Crippen LogP contribution in [0.25, 0.3) is 0 Å². The summed E-state index contributed by atoms with van der Waals surface area (Å²) in [7, 11) is 0. The Kier molecular flexibility index (Phi) is 4.87. The fourth-order valence-electron chi connectivity index (χ4n) is 3.04. The molecule has 0 saturated heterocycles. The minimum Gasteiger partial charge on any atom is -0.388 e. The number of aliphatic hydroxyl groups excluding tert-OH is 1. The van der Waals surface area contributed by atoms with E-state index in [1.54, 1.807) is 0 Å². The molecule has 0 spiro atoms. The Morgan fingerprint density at radius 1 is 1.39 bits per heavy atom. The topological polar surface area (TPSA) is 25.2 Å². The van der Waals surface area contributed by atoms with Gasteiger partial charge in [0, 0.05) is 24.5 Å². The molecule has 0 radical (unpaired) electrons. The number of unbranched alkanes of at least 4 members (excludes halogenated alkanes) is 1. The fraction of sp³-hybridized carbons (Fsp3) is 0.750. The Bertz CT molecular complexity index is 369. The summed E-state index contributed by atoms with van der Waals surface area (Å²) in [6.45, 7) is 5.67. The van der Waals surface area contributed by atoms with Crippen LogP contribution in [0.15, 0.2) is 12.4 Å². The van der Waals surface area contributed by atoms with Gasteiger partial charge in [0.05, 0.1) is 6.10 Å². The Morgan fingerprint density at radius 2 is 2.22 bits per heavy atom. The molecule has 0 aliphatic heterocycles. The summed E-state index contributed by atoms with van der Waals surface area (Å²) < 4.78 is 2.32. The molecule has 0 aromatic carbocycles. The summed E-state index contributed by atoms with van der Waals surface area (Å²) in [4.78, 5) is 0. The first kappa shape index (κ1) is 13.7. The van der Waals surface area contributed by atoms with Crippen LogP contribution in [0.1, 0.15) is 69.6 Å². The molecule has 2 unspecified atom stereocenters. The van der Waals surface area contributed by atoms with Crippen LogP contribution in [0.2, 0.25) is 0 Å². The highest BCUT2D eigenvalue weighted by atomic mass is 16.3. The predicted octanol–water partition coefficient (Wildman–Crippen LogP) is 4.07. The number of nitrogens with zero attached hydrogens (tertiary/aromatic N) is 1. The van der Waals surface area contributed by atoms with Gasteiger partial charge in [-0.15, -0.1) is 0 Å². The largest absolute Gasteiger partial charge is 0.388 e. The summed E-state index contributed by atoms with van der Waals surface area (Å²) in [5.41, 5.74) is 2.56. The van der Waals surface area contributed by atoms with E-state index >= 15 is 0 Å². The lowest BCUT2D eigenvalue weighted by molar-refractivity contribution is 0.157. The smallest absolute Gasteiger partial charge is 0.0807 e. The van der Waals surface area contributed by atoms with Crippen LogP contribution in [-0.2, 0) is 13.0 Å². The van der Waals surface area contributed by atoms with Crippen molar-refractivity contribution in [3.63, 3.8) is 0 Å². The molecule has 1 heterocycles. The molecule has 1 aliphatic rings. The number of rotatable bonds is 6. The summed E-state index contributed by atoms with van der Waals surface area (Å²) in [5.74, 6) is 0.788. The summed E-state index contributed by atoms with van der Waals surface area (Å²) in [5, 5.41) is 9.99. The van der Waals surface area contributed by atoms with Crippen LogP contribution < -0.4 is 0 Å². The predicted molar refractivity (Wildman–Crippen MR) is 75.6 cm³/mol. The quantitative estimate of drug-likeness (QED) is 0.807. The lowest BCUT2D eigenvalue weighted by atomic mass is 9.93. The molecule has 0 bridgehead atoms. The first-order chi connectivity index (χ1) is 8.74. The van der Waals surface area contributed by atoms with Crippen LogP contribution in [0.3, 0.4) is 0 Å². The highest BCUT2D eigenvalue weighted by molar-refractivity contribution is 5.29. The van der Waals surface area contributed by atoms with Crippen molar-refractivity contribution in [3.05, 3.63) is 23.5 Å². The van der Waals surface area contributed by atoms with Gasteiger partial charge in [0.1, 0.15) is 0 Å². The Morgan fingerprint density at radius 3 is 2.89 bits per heavy atom. The molecule has 102 valence electrons. The number of aryl methyl sites for hydroxylation is 1. The normalized spacial score (nSPS) is 20.7. The second-order valence-electron chi connectivity index (χ2n) is 5.76. The fourth-order valence-corrected chi connectivity index (χ4v) is 3.04. The molecule has 1 N–H and O–H groups in total. The summed E-state index contributed by atoms with van der Waals surface area (Å²) in [6, 6.07) is 0. The van der Waals surface area contributed by atoms with Gasteiger partial charge in [0.2, 0.25) is 0 Å². The zero-order valence-corrected chi connectivity index (χ0v) is 11.9. The molecule has 2 nitrogen and oxygen atoms in total. The van der Waals surface area contributed by atoms with E-state index in [4.69, 9.17) is 0 Å². The Labute approximate surface area is 111 Å². The van der Waals surface area contributed by atoms with Crippen molar-refractivity contribution >= 4 is 0 Å². The van der Waals surface area contributed by atoms with Gasteiger partial charge in [-0.2, -0.15) is 0 Å². The van der Waals surface area contributed by atoms with E-state index in [-0.39, 0.29) is 6.10 Å². The van der Waals surface area contributed by atoms with Gasteiger partial charge >= 0.3 is 0 Å². The number of hydrogen-bond donors (Lipinski definition) is 1.